The molecule has 2 heterocycles. The Bertz CT molecular complexity index is 2050. The van der Waals surface area contributed by atoms with Gasteiger partial charge in [0.2, 0.25) is 0 Å². The largest absolute Gasteiger partial charge is 0.462 e. The van der Waals surface area contributed by atoms with Crippen LogP contribution in [0.4, 0.5) is 0 Å². The summed E-state index contributed by atoms with van der Waals surface area (Å²) in [5.41, 5.74) is 18.0. The van der Waals surface area contributed by atoms with E-state index in [1.807, 2.05) is 13.8 Å². The molecule has 0 N–H and O–H groups in total. The molecular formula is C45H40O2. The molecule has 2 heteroatoms. The van der Waals surface area contributed by atoms with Gasteiger partial charge in [0.25, 0.3) is 0 Å². The Morgan fingerprint density at radius 2 is 0.872 bits per heavy atom. The molecule has 6 aromatic rings. The number of rotatable bonds is 6. The number of allylic oxidation sites excluding steroid dienone is 2. The Morgan fingerprint density at radius 3 is 1.23 bits per heavy atom. The summed E-state index contributed by atoms with van der Waals surface area (Å²) in [7, 11) is 0. The third-order valence-corrected chi connectivity index (χ3v) is 9.97. The molecule has 2 unspecified atom stereocenters. The third-order valence-electron chi connectivity index (χ3n) is 9.97. The molecule has 0 saturated carbocycles. The highest BCUT2D eigenvalue weighted by molar-refractivity contribution is 5.98. The van der Waals surface area contributed by atoms with Gasteiger partial charge >= 0.3 is 0 Å². The van der Waals surface area contributed by atoms with Crippen LogP contribution >= 0.6 is 0 Å². The first-order valence-corrected chi connectivity index (χ1v) is 16.7. The van der Waals surface area contributed by atoms with Gasteiger partial charge in [0.1, 0.15) is 23.0 Å². The average Bonchev–Trinajstić information content (AvgIpc) is 3.82. The van der Waals surface area contributed by atoms with Crippen LogP contribution in [-0.4, -0.2) is 0 Å². The Balaban J connectivity index is 1.29. The molecule has 2 aliphatic rings. The summed E-state index contributed by atoms with van der Waals surface area (Å²) in [5, 5.41) is 0. The second-order valence-electron chi connectivity index (χ2n) is 13.7. The monoisotopic (exact) mass is 612 g/mol. The third kappa shape index (κ3) is 5.22. The van der Waals surface area contributed by atoms with Gasteiger partial charge in [-0.1, -0.05) is 95.1 Å². The Labute approximate surface area is 278 Å². The standard InChI is InChI=1S/C45H40O2/c1-26-17-27(2)20-32(19-26)34-9-7-11-36-38(34)24-42(44-15-13-30(5)46-44)40(36)23-41-37-12-8-10-35(33-21-28(3)18-29(4)22-33)39(37)25-43(41)45-16-14-31(6)47-45/h7-22,24-25,40-41H,23H2,1-6H3. The number of aryl methyl sites for hydroxylation is 6. The van der Waals surface area contributed by atoms with E-state index < -0.39 is 0 Å². The minimum atomic E-state index is 0.154. The molecule has 0 bridgehead atoms. The molecule has 232 valence electrons. The summed E-state index contributed by atoms with van der Waals surface area (Å²) in [4.78, 5) is 0. The maximum Gasteiger partial charge on any atom is 0.130 e. The summed E-state index contributed by atoms with van der Waals surface area (Å²) >= 11 is 0. The van der Waals surface area contributed by atoms with Crippen molar-refractivity contribution in [2.75, 3.05) is 0 Å². The highest BCUT2D eigenvalue weighted by Gasteiger charge is 2.37. The van der Waals surface area contributed by atoms with Crippen LogP contribution in [0.3, 0.4) is 0 Å². The summed E-state index contributed by atoms with van der Waals surface area (Å²) in [6, 6.07) is 35.8. The van der Waals surface area contributed by atoms with E-state index in [2.05, 4.69) is 137 Å². The van der Waals surface area contributed by atoms with E-state index in [0.717, 1.165) is 29.5 Å². The molecule has 0 aliphatic heterocycles. The average molecular weight is 613 g/mol. The minimum absolute atomic E-state index is 0.154. The van der Waals surface area contributed by atoms with Crippen molar-refractivity contribution >= 4 is 23.3 Å². The summed E-state index contributed by atoms with van der Waals surface area (Å²) in [5.74, 6) is 4.08. The lowest BCUT2D eigenvalue weighted by atomic mass is 9.79. The molecule has 47 heavy (non-hydrogen) atoms. The van der Waals surface area contributed by atoms with Crippen LogP contribution in [0.1, 0.15) is 85.8 Å². The fourth-order valence-electron chi connectivity index (χ4n) is 8.12. The fraction of sp³-hybridized carbons (Fsp3) is 0.200. The molecule has 0 radical (unpaired) electrons. The van der Waals surface area contributed by atoms with Crippen molar-refractivity contribution in [3.05, 3.63) is 165 Å². The van der Waals surface area contributed by atoms with E-state index in [1.165, 1.54) is 77.9 Å². The summed E-state index contributed by atoms with van der Waals surface area (Å²) < 4.78 is 12.7. The second kappa shape index (κ2) is 11.3. The maximum atomic E-state index is 6.36. The molecule has 0 spiro atoms. The van der Waals surface area contributed by atoms with Crippen LogP contribution in [-0.2, 0) is 0 Å². The zero-order valence-corrected chi connectivity index (χ0v) is 28.1. The van der Waals surface area contributed by atoms with E-state index in [1.54, 1.807) is 0 Å². The first-order valence-electron chi connectivity index (χ1n) is 16.7. The Kier molecular flexibility index (Phi) is 7.06. The van der Waals surface area contributed by atoms with Gasteiger partial charge in [-0.05, 0) is 129 Å². The van der Waals surface area contributed by atoms with Gasteiger partial charge in [-0.15, -0.1) is 0 Å². The smallest absolute Gasteiger partial charge is 0.130 e. The van der Waals surface area contributed by atoms with Crippen molar-refractivity contribution in [3.63, 3.8) is 0 Å². The molecule has 4 aromatic carbocycles. The van der Waals surface area contributed by atoms with Crippen molar-refractivity contribution in [1.82, 2.24) is 0 Å². The van der Waals surface area contributed by atoms with E-state index in [-0.39, 0.29) is 11.8 Å². The van der Waals surface area contributed by atoms with Gasteiger partial charge in [-0.3, -0.25) is 0 Å². The number of benzene rings is 4. The van der Waals surface area contributed by atoms with Gasteiger partial charge < -0.3 is 8.83 Å². The van der Waals surface area contributed by atoms with E-state index in [9.17, 15) is 0 Å². The molecule has 0 saturated heterocycles. The SMILES string of the molecule is Cc1cc(C)cc(-c2cccc3c2C=C(c2ccc(C)o2)C3CC2C(c3ccc(C)o3)=Cc3c(-c4cc(C)cc(C)c4)cccc32)c1. The van der Waals surface area contributed by atoms with Crippen LogP contribution in [0.25, 0.3) is 45.6 Å². The van der Waals surface area contributed by atoms with E-state index >= 15 is 0 Å². The molecule has 0 fully saturated rings. The van der Waals surface area contributed by atoms with Crippen LogP contribution in [0, 0.1) is 41.5 Å². The lowest BCUT2D eigenvalue weighted by Crippen LogP contribution is -2.07. The van der Waals surface area contributed by atoms with E-state index in [0.29, 0.717) is 0 Å². The zero-order chi connectivity index (χ0) is 32.4. The van der Waals surface area contributed by atoms with Crippen molar-refractivity contribution in [3.8, 4) is 22.3 Å². The first-order chi connectivity index (χ1) is 22.7. The molecule has 2 nitrogen and oxygen atoms in total. The topological polar surface area (TPSA) is 26.3 Å². The van der Waals surface area contributed by atoms with Crippen LogP contribution < -0.4 is 0 Å². The van der Waals surface area contributed by atoms with Gasteiger partial charge in [0, 0.05) is 23.0 Å². The summed E-state index contributed by atoms with van der Waals surface area (Å²) in [6.45, 7) is 12.8. The van der Waals surface area contributed by atoms with Crippen LogP contribution in [0.5, 0.6) is 0 Å². The molecule has 2 aliphatic carbocycles. The predicted molar refractivity (Wildman–Crippen MR) is 195 cm³/mol. The second-order valence-corrected chi connectivity index (χ2v) is 13.7. The molecule has 0 amide bonds. The van der Waals surface area contributed by atoms with Crippen LogP contribution in [0.2, 0.25) is 0 Å². The number of hydrogen-bond donors (Lipinski definition) is 0. The van der Waals surface area contributed by atoms with Crippen molar-refractivity contribution < 1.29 is 8.83 Å². The van der Waals surface area contributed by atoms with Crippen molar-refractivity contribution in [1.29, 1.82) is 0 Å². The van der Waals surface area contributed by atoms with Crippen molar-refractivity contribution in [2.45, 2.75) is 59.8 Å². The Hall–Kier alpha value is -5.08. The number of hydrogen-bond acceptors (Lipinski definition) is 2. The van der Waals surface area contributed by atoms with Crippen molar-refractivity contribution in [2.24, 2.45) is 0 Å². The molecule has 2 atom stereocenters. The first kappa shape index (κ1) is 29.3. The minimum Gasteiger partial charge on any atom is -0.462 e. The summed E-state index contributed by atoms with van der Waals surface area (Å²) in [6.07, 6.45) is 5.70. The molecule has 2 aromatic heterocycles. The van der Waals surface area contributed by atoms with Gasteiger partial charge in [0.05, 0.1) is 0 Å². The predicted octanol–water partition coefficient (Wildman–Crippen LogP) is 12.4. The lowest BCUT2D eigenvalue weighted by Gasteiger charge is -2.24. The Morgan fingerprint density at radius 1 is 0.468 bits per heavy atom. The highest BCUT2D eigenvalue weighted by Crippen LogP contribution is 2.55. The quantitative estimate of drug-likeness (QED) is 0.187. The van der Waals surface area contributed by atoms with Gasteiger partial charge in [0.15, 0.2) is 0 Å². The van der Waals surface area contributed by atoms with Gasteiger partial charge in [-0.2, -0.15) is 0 Å². The lowest BCUT2D eigenvalue weighted by molar-refractivity contribution is 0.510. The number of fused-ring (bicyclic) bond motifs is 2. The van der Waals surface area contributed by atoms with E-state index in [4.69, 9.17) is 8.83 Å². The maximum absolute atomic E-state index is 6.36. The molecule has 8 rings (SSSR count). The fourth-order valence-corrected chi connectivity index (χ4v) is 8.12. The highest BCUT2D eigenvalue weighted by atomic mass is 16.3. The van der Waals surface area contributed by atoms with Crippen LogP contribution in [0.15, 0.2) is 106 Å². The van der Waals surface area contributed by atoms with Gasteiger partial charge in [-0.25, -0.2) is 0 Å². The number of furan rings is 2. The molecular weight excluding hydrogens is 572 g/mol. The normalized spacial score (nSPS) is 16.6. The zero-order valence-electron chi connectivity index (χ0n) is 28.1.